The fourth-order valence-corrected chi connectivity index (χ4v) is 2.37. The first-order chi connectivity index (χ1) is 9.70. The minimum Gasteiger partial charge on any atom is -0.397 e. The number of nitrogen functional groups attached to an aromatic ring is 1. The number of nitrogens with zero attached hydrogens (tertiary/aromatic N) is 3. The predicted molar refractivity (Wildman–Crippen MR) is 77.6 cm³/mol. The van der Waals surface area contributed by atoms with Crippen molar-refractivity contribution in [2.75, 3.05) is 5.73 Å². The Hall–Kier alpha value is -2.43. The molecular weight excluding hydrogens is 255 g/mol. The van der Waals surface area contributed by atoms with Crippen LogP contribution in [0.3, 0.4) is 0 Å². The predicted octanol–water partition coefficient (Wildman–Crippen LogP) is 3.23. The lowest BCUT2D eigenvalue weighted by atomic mass is 10.2. The molecule has 0 aliphatic rings. The molecule has 20 heavy (non-hydrogen) atoms. The van der Waals surface area contributed by atoms with Gasteiger partial charge in [0.15, 0.2) is 0 Å². The third-order valence-electron chi connectivity index (χ3n) is 3.25. The average molecular weight is 270 g/mol. The minimum absolute atomic E-state index is 0.284. The van der Waals surface area contributed by atoms with E-state index in [1.54, 1.807) is 18.5 Å². The smallest absolute Gasteiger partial charge is 0.143 e. The van der Waals surface area contributed by atoms with Crippen molar-refractivity contribution >= 4 is 16.7 Å². The summed E-state index contributed by atoms with van der Waals surface area (Å²) >= 11 is 0. The lowest BCUT2D eigenvalue weighted by Gasteiger charge is -2.09. The summed E-state index contributed by atoms with van der Waals surface area (Å²) in [5.41, 5.74) is 8.93. The van der Waals surface area contributed by atoms with Crippen LogP contribution in [0.25, 0.3) is 22.4 Å². The Balaban J connectivity index is 2.29. The van der Waals surface area contributed by atoms with Gasteiger partial charge in [-0.05, 0) is 24.6 Å². The summed E-state index contributed by atoms with van der Waals surface area (Å²) in [6.45, 7) is 2.90. The molecule has 2 aromatic heterocycles. The summed E-state index contributed by atoms with van der Waals surface area (Å²) < 4.78 is 15.4. The molecule has 0 aliphatic heterocycles. The normalized spacial score (nSPS) is 11.1. The molecule has 5 heteroatoms. The summed E-state index contributed by atoms with van der Waals surface area (Å²) in [7, 11) is 0. The molecule has 0 aliphatic carbocycles. The van der Waals surface area contributed by atoms with Crippen LogP contribution in [0, 0.1) is 5.82 Å². The molecule has 0 unspecified atom stereocenters. The summed E-state index contributed by atoms with van der Waals surface area (Å²) in [6.07, 6.45) is 4.24. The van der Waals surface area contributed by atoms with Crippen LogP contribution in [0.15, 0.2) is 36.7 Å². The van der Waals surface area contributed by atoms with E-state index in [1.807, 2.05) is 6.07 Å². The van der Waals surface area contributed by atoms with E-state index in [9.17, 15) is 4.39 Å². The Labute approximate surface area is 116 Å². The van der Waals surface area contributed by atoms with E-state index in [0.29, 0.717) is 11.2 Å². The molecule has 2 heterocycles. The first-order valence-electron chi connectivity index (χ1n) is 6.56. The summed E-state index contributed by atoms with van der Waals surface area (Å²) in [6, 6.07) is 6.49. The lowest BCUT2D eigenvalue weighted by molar-refractivity contribution is 0.629. The number of pyridine rings is 1. The SMILES string of the molecule is CCCn1c(-c2ccncc2N)nc2cc(F)ccc21. The van der Waals surface area contributed by atoms with Gasteiger partial charge in [0, 0.05) is 24.4 Å². The first-order valence-corrected chi connectivity index (χ1v) is 6.56. The van der Waals surface area contributed by atoms with Crippen LogP contribution < -0.4 is 5.73 Å². The van der Waals surface area contributed by atoms with Crippen LogP contribution >= 0.6 is 0 Å². The Kier molecular flexibility index (Phi) is 3.10. The fourth-order valence-electron chi connectivity index (χ4n) is 2.37. The van der Waals surface area contributed by atoms with Crippen LogP contribution in [-0.4, -0.2) is 14.5 Å². The molecule has 3 rings (SSSR count). The van der Waals surface area contributed by atoms with Crippen LogP contribution in [-0.2, 0) is 6.54 Å². The zero-order chi connectivity index (χ0) is 14.1. The van der Waals surface area contributed by atoms with Crippen molar-refractivity contribution in [2.24, 2.45) is 0 Å². The van der Waals surface area contributed by atoms with E-state index >= 15 is 0 Å². The molecule has 1 aromatic carbocycles. The first kappa shape index (κ1) is 12.6. The third kappa shape index (κ3) is 2.01. The number of nitrogens with two attached hydrogens (primary N) is 1. The van der Waals surface area contributed by atoms with Crippen LogP contribution in [0.5, 0.6) is 0 Å². The van der Waals surface area contributed by atoms with E-state index in [2.05, 4.69) is 21.5 Å². The maximum atomic E-state index is 13.4. The van der Waals surface area contributed by atoms with E-state index in [4.69, 9.17) is 5.73 Å². The number of hydrogen-bond donors (Lipinski definition) is 1. The second-order valence-electron chi connectivity index (χ2n) is 4.68. The number of aromatic nitrogens is 3. The van der Waals surface area contributed by atoms with Crippen LogP contribution in [0.4, 0.5) is 10.1 Å². The standard InChI is InChI=1S/C15H15FN4/c1-2-7-20-14-4-3-10(16)8-13(14)19-15(20)11-5-6-18-9-12(11)17/h3-6,8-9H,2,7,17H2,1H3. The number of rotatable bonds is 3. The summed E-state index contributed by atoms with van der Waals surface area (Å²) in [4.78, 5) is 8.53. The maximum absolute atomic E-state index is 13.4. The Bertz CT molecular complexity index is 764. The average Bonchev–Trinajstić information content (AvgIpc) is 2.77. The quantitative estimate of drug-likeness (QED) is 0.795. The molecule has 4 nitrogen and oxygen atoms in total. The van der Waals surface area contributed by atoms with Gasteiger partial charge in [-0.15, -0.1) is 0 Å². The van der Waals surface area contributed by atoms with Gasteiger partial charge in [-0.2, -0.15) is 0 Å². The number of imidazole rings is 1. The van der Waals surface area contributed by atoms with Crippen molar-refractivity contribution < 1.29 is 4.39 Å². The van der Waals surface area contributed by atoms with Gasteiger partial charge in [0.25, 0.3) is 0 Å². The highest BCUT2D eigenvalue weighted by molar-refractivity contribution is 5.83. The van der Waals surface area contributed by atoms with Gasteiger partial charge in [-0.25, -0.2) is 9.37 Å². The second-order valence-corrected chi connectivity index (χ2v) is 4.68. The van der Waals surface area contributed by atoms with Gasteiger partial charge in [0.1, 0.15) is 11.6 Å². The lowest BCUT2D eigenvalue weighted by Crippen LogP contribution is -2.02. The van der Waals surface area contributed by atoms with Gasteiger partial charge in [0.2, 0.25) is 0 Å². The van der Waals surface area contributed by atoms with Gasteiger partial charge < -0.3 is 10.3 Å². The second kappa shape index (κ2) is 4.92. The number of fused-ring (bicyclic) bond motifs is 1. The van der Waals surface area contributed by atoms with Crippen molar-refractivity contribution in [3.8, 4) is 11.4 Å². The van der Waals surface area contributed by atoms with Crippen molar-refractivity contribution in [1.82, 2.24) is 14.5 Å². The number of anilines is 1. The highest BCUT2D eigenvalue weighted by Gasteiger charge is 2.14. The zero-order valence-electron chi connectivity index (χ0n) is 11.2. The van der Waals surface area contributed by atoms with Crippen molar-refractivity contribution in [3.05, 3.63) is 42.5 Å². The number of hydrogen-bond acceptors (Lipinski definition) is 3. The van der Waals surface area contributed by atoms with Gasteiger partial charge in [-0.3, -0.25) is 4.98 Å². The van der Waals surface area contributed by atoms with Crippen LogP contribution in [0.2, 0.25) is 0 Å². The number of halogens is 1. The van der Waals surface area contributed by atoms with E-state index in [1.165, 1.54) is 12.1 Å². The molecule has 0 bridgehead atoms. The Morgan fingerprint density at radius 2 is 2.15 bits per heavy atom. The van der Waals surface area contributed by atoms with E-state index in [-0.39, 0.29) is 5.82 Å². The molecule has 102 valence electrons. The van der Waals surface area contributed by atoms with E-state index < -0.39 is 0 Å². The van der Waals surface area contributed by atoms with Crippen molar-refractivity contribution in [1.29, 1.82) is 0 Å². The van der Waals surface area contributed by atoms with E-state index in [0.717, 1.165) is 29.9 Å². The molecule has 0 spiro atoms. The van der Waals surface area contributed by atoms with Gasteiger partial charge >= 0.3 is 0 Å². The monoisotopic (exact) mass is 270 g/mol. The molecule has 0 amide bonds. The highest BCUT2D eigenvalue weighted by atomic mass is 19.1. The molecule has 0 fully saturated rings. The largest absolute Gasteiger partial charge is 0.397 e. The minimum atomic E-state index is -0.284. The molecule has 2 N–H and O–H groups in total. The Morgan fingerprint density at radius 1 is 1.30 bits per heavy atom. The number of benzene rings is 1. The van der Waals surface area contributed by atoms with Crippen LogP contribution in [0.1, 0.15) is 13.3 Å². The topological polar surface area (TPSA) is 56.7 Å². The van der Waals surface area contributed by atoms with Gasteiger partial charge in [-0.1, -0.05) is 6.92 Å². The maximum Gasteiger partial charge on any atom is 0.143 e. The van der Waals surface area contributed by atoms with Gasteiger partial charge in [0.05, 0.1) is 22.9 Å². The molecule has 3 aromatic rings. The zero-order valence-corrected chi connectivity index (χ0v) is 11.2. The molecular formula is C15H15FN4. The summed E-state index contributed by atoms with van der Waals surface area (Å²) in [5.74, 6) is 0.472. The number of aryl methyl sites for hydroxylation is 1. The third-order valence-corrected chi connectivity index (χ3v) is 3.25. The Morgan fingerprint density at radius 3 is 2.90 bits per heavy atom. The fraction of sp³-hybridized carbons (Fsp3) is 0.200. The molecule has 0 atom stereocenters. The molecule has 0 saturated heterocycles. The van der Waals surface area contributed by atoms with Crippen molar-refractivity contribution in [2.45, 2.75) is 19.9 Å². The summed E-state index contributed by atoms with van der Waals surface area (Å²) in [5, 5.41) is 0. The van der Waals surface area contributed by atoms with Crippen molar-refractivity contribution in [3.63, 3.8) is 0 Å². The highest BCUT2D eigenvalue weighted by Crippen LogP contribution is 2.28. The molecule has 0 saturated carbocycles. The molecule has 0 radical (unpaired) electrons.